The largest absolute Gasteiger partial charge is 0.477 e. The number of ether oxygens (including phenoxy) is 1. The molecule has 1 aromatic heterocycles. The number of carbonyl (C=O) groups is 1. The molecule has 2 N–H and O–H groups in total. The van der Waals surface area contributed by atoms with Crippen molar-refractivity contribution >= 4 is 11.8 Å². The van der Waals surface area contributed by atoms with Gasteiger partial charge in [0.1, 0.15) is 5.82 Å². The fourth-order valence-corrected chi connectivity index (χ4v) is 3.99. The molecule has 1 spiro atoms. The van der Waals surface area contributed by atoms with Crippen LogP contribution in [0.4, 0.5) is 5.82 Å². The molecule has 2 aliphatic rings. The van der Waals surface area contributed by atoms with Crippen LogP contribution < -0.4 is 4.90 Å². The molecule has 1 aromatic rings. The van der Waals surface area contributed by atoms with Crippen molar-refractivity contribution in [3.8, 4) is 0 Å². The number of carboxylic acids is 1. The van der Waals surface area contributed by atoms with Gasteiger partial charge in [0.2, 0.25) is 0 Å². The summed E-state index contributed by atoms with van der Waals surface area (Å²) < 4.78 is 5.66. The molecule has 0 aromatic carbocycles. The van der Waals surface area contributed by atoms with Gasteiger partial charge in [-0.25, -0.2) is 9.78 Å². The lowest BCUT2D eigenvalue weighted by atomic mass is 9.51. The number of rotatable bonds is 3. The summed E-state index contributed by atoms with van der Waals surface area (Å²) >= 11 is 0. The zero-order valence-corrected chi connectivity index (χ0v) is 13.0. The van der Waals surface area contributed by atoms with E-state index in [1.807, 2.05) is 6.07 Å². The molecular weight excluding hydrogens is 284 g/mol. The molecule has 6 nitrogen and oxygen atoms in total. The summed E-state index contributed by atoms with van der Waals surface area (Å²) in [6.07, 6.45) is 1.99. The average molecular weight is 306 g/mol. The van der Waals surface area contributed by atoms with Crippen molar-refractivity contribution in [2.75, 3.05) is 25.1 Å². The zero-order chi connectivity index (χ0) is 16.0. The lowest BCUT2D eigenvalue weighted by Crippen LogP contribution is -2.69. The normalized spacial score (nSPS) is 30.1. The molecular formula is C16H22N2O4. The molecule has 2 atom stereocenters. The van der Waals surface area contributed by atoms with Crippen LogP contribution in [0.15, 0.2) is 18.2 Å². The number of carboxylic acid groups (broad SMARTS) is 1. The van der Waals surface area contributed by atoms with Crippen molar-refractivity contribution in [2.45, 2.75) is 37.9 Å². The highest BCUT2D eigenvalue weighted by Gasteiger charge is 2.63. The van der Waals surface area contributed by atoms with E-state index < -0.39 is 5.97 Å². The zero-order valence-electron chi connectivity index (χ0n) is 13.0. The first-order chi connectivity index (χ1) is 10.4. The van der Waals surface area contributed by atoms with Crippen molar-refractivity contribution in [3.05, 3.63) is 23.9 Å². The second-order valence-corrected chi connectivity index (χ2v) is 6.48. The number of hydrogen-bond acceptors (Lipinski definition) is 5. The molecule has 120 valence electrons. The van der Waals surface area contributed by atoms with Crippen molar-refractivity contribution in [2.24, 2.45) is 5.41 Å². The predicted molar refractivity (Wildman–Crippen MR) is 81.1 cm³/mol. The Balaban J connectivity index is 1.75. The minimum Gasteiger partial charge on any atom is -0.477 e. The number of pyridine rings is 1. The molecule has 0 bridgehead atoms. The van der Waals surface area contributed by atoms with Gasteiger partial charge in [-0.1, -0.05) is 6.07 Å². The Morgan fingerprint density at radius 3 is 2.64 bits per heavy atom. The number of aliphatic hydroxyl groups is 1. The van der Waals surface area contributed by atoms with E-state index in [0.717, 1.165) is 25.9 Å². The molecule has 0 amide bonds. The summed E-state index contributed by atoms with van der Waals surface area (Å²) in [5, 5.41) is 19.3. The molecule has 0 radical (unpaired) electrons. The second-order valence-electron chi connectivity index (χ2n) is 6.48. The third-order valence-corrected chi connectivity index (χ3v) is 5.66. The highest BCUT2D eigenvalue weighted by Crippen LogP contribution is 2.58. The number of aliphatic hydroxyl groups excluding tert-OH is 1. The van der Waals surface area contributed by atoms with E-state index in [1.165, 1.54) is 6.07 Å². The van der Waals surface area contributed by atoms with Crippen LogP contribution in [0.25, 0.3) is 0 Å². The summed E-state index contributed by atoms with van der Waals surface area (Å²) in [5.74, 6) is -0.334. The average Bonchev–Trinajstić information content (AvgIpc) is 2.55. The van der Waals surface area contributed by atoms with Gasteiger partial charge in [-0.3, -0.25) is 0 Å². The number of methoxy groups -OCH3 is 1. The number of aromatic carboxylic acids is 1. The summed E-state index contributed by atoms with van der Waals surface area (Å²) in [6.45, 7) is 3.55. The van der Waals surface area contributed by atoms with Crippen LogP contribution in [0, 0.1) is 5.41 Å². The second kappa shape index (κ2) is 5.21. The van der Waals surface area contributed by atoms with E-state index in [9.17, 15) is 9.90 Å². The quantitative estimate of drug-likeness (QED) is 0.881. The van der Waals surface area contributed by atoms with Gasteiger partial charge in [-0.15, -0.1) is 0 Å². The number of nitrogens with zero attached hydrogens (tertiary/aromatic N) is 2. The number of piperidine rings is 1. The fraction of sp³-hybridized carbons (Fsp3) is 0.625. The smallest absolute Gasteiger partial charge is 0.354 e. The van der Waals surface area contributed by atoms with Crippen LogP contribution in [-0.4, -0.2) is 53.1 Å². The number of hydrogen-bond donors (Lipinski definition) is 2. The molecule has 6 heteroatoms. The van der Waals surface area contributed by atoms with Crippen LogP contribution in [0.5, 0.6) is 0 Å². The van der Waals surface area contributed by atoms with Gasteiger partial charge in [0, 0.05) is 32.0 Å². The maximum absolute atomic E-state index is 11.0. The topological polar surface area (TPSA) is 82.9 Å². The van der Waals surface area contributed by atoms with Crippen LogP contribution in [0.1, 0.15) is 36.7 Å². The molecule has 22 heavy (non-hydrogen) atoms. The lowest BCUT2D eigenvalue weighted by molar-refractivity contribution is -0.253. The Labute approximate surface area is 129 Å². The maximum atomic E-state index is 11.0. The highest BCUT2D eigenvalue weighted by atomic mass is 16.5. The van der Waals surface area contributed by atoms with E-state index in [4.69, 9.17) is 9.84 Å². The Morgan fingerprint density at radius 1 is 1.41 bits per heavy atom. The molecule has 1 saturated carbocycles. The maximum Gasteiger partial charge on any atom is 0.354 e. The summed E-state index contributed by atoms with van der Waals surface area (Å²) in [6, 6.07) is 5.04. The minimum atomic E-state index is -1.02. The molecule has 3 rings (SSSR count). The van der Waals surface area contributed by atoms with Crippen molar-refractivity contribution in [1.29, 1.82) is 0 Å². The fourth-order valence-electron chi connectivity index (χ4n) is 3.99. The van der Waals surface area contributed by atoms with E-state index in [-0.39, 0.29) is 22.8 Å². The highest BCUT2D eigenvalue weighted by molar-refractivity contribution is 5.85. The molecule has 1 saturated heterocycles. The lowest BCUT2D eigenvalue weighted by Gasteiger charge is -2.63. The van der Waals surface area contributed by atoms with Gasteiger partial charge < -0.3 is 19.8 Å². The van der Waals surface area contributed by atoms with Crippen LogP contribution in [0.2, 0.25) is 0 Å². The Kier molecular flexibility index (Phi) is 3.61. The number of aromatic nitrogens is 1. The number of anilines is 1. The molecule has 1 aliphatic heterocycles. The van der Waals surface area contributed by atoms with Gasteiger partial charge in [-0.2, -0.15) is 0 Å². The Morgan fingerprint density at radius 2 is 2.09 bits per heavy atom. The Hall–Kier alpha value is -1.66. The van der Waals surface area contributed by atoms with Gasteiger partial charge in [0.25, 0.3) is 0 Å². The van der Waals surface area contributed by atoms with Crippen molar-refractivity contribution < 1.29 is 19.7 Å². The van der Waals surface area contributed by atoms with E-state index in [1.54, 1.807) is 13.2 Å². The first-order valence-electron chi connectivity index (χ1n) is 7.60. The molecule has 2 heterocycles. The third kappa shape index (κ3) is 2.09. The van der Waals surface area contributed by atoms with E-state index in [0.29, 0.717) is 12.2 Å². The predicted octanol–water partition coefficient (Wildman–Crippen LogP) is 1.54. The summed E-state index contributed by atoms with van der Waals surface area (Å²) in [4.78, 5) is 17.3. The monoisotopic (exact) mass is 306 g/mol. The summed E-state index contributed by atoms with van der Waals surface area (Å²) in [7, 11) is 1.71. The molecule has 1 aliphatic carbocycles. The van der Waals surface area contributed by atoms with Gasteiger partial charge in [-0.05, 0) is 31.9 Å². The Bertz CT molecular complexity index is 583. The van der Waals surface area contributed by atoms with Crippen molar-refractivity contribution in [1.82, 2.24) is 4.98 Å². The SMILES string of the molecule is CO[C@@]1(C)C[C@@H](O)C12CCN(c1cccc(C(=O)O)n1)CC2. The van der Waals surface area contributed by atoms with Crippen LogP contribution in [-0.2, 0) is 4.74 Å². The minimum absolute atomic E-state index is 0.0585. The van der Waals surface area contributed by atoms with Crippen LogP contribution >= 0.6 is 0 Å². The molecule has 2 fully saturated rings. The summed E-state index contributed by atoms with van der Waals surface area (Å²) in [5.41, 5.74) is -0.402. The first-order valence-corrected chi connectivity index (χ1v) is 7.60. The molecule has 0 unspecified atom stereocenters. The first kappa shape index (κ1) is 15.2. The van der Waals surface area contributed by atoms with E-state index in [2.05, 4.69) is 16.8 Å². The third-order valence-electron chi connectivity index (χ3n) is 5.66. The van der Waals surface area contributed by atoms with Gasteiger partial charge in [0.15, 0.2) is 5.69 Å². The van der Waals surface area contributed by atoms with Gasteiger partial charge >= 0.3 is 5.97 Å². The standard InChI is InChI=1S/C16H22N2O4/c1-15(22-2)10-12(19)16(15)6-8-18(9-7-16)13-5-3-4-11(17-13)14(20)21/h3-5,12,19H,6-10H2,1-2H3,(H,20,21)/t12-,15+/m1/s1. The van der Waals surface area contributed by atoms with Gasteiger partial charge in [0.05, 0.1) is 11.7 Å². The van der Waals surface area contributed by atoms with Crippen molar-refractivity contribution in [3.63, 3.8) is 0 Å². The van der Waals surface area contributed by atoms with E-state index >= 15 is 0 Å². The van der Waals surface area contributed by atoms with Crippen LogP contribution in [0.3, 0.4) is 0 Å².